The maximum atomic E-state index is 13.5. The second kappa shape index (κ2) is 9.17. The van der Waals surface area contributed by atoms with E-state index in [2.05, 4.69) is 17.2 Å². The number of para-hydroxylation sites is 2. The second-order valence-electron chi connectivity index (χ2n) is 9.32. The molecule has 7 nitrogen and oxygen atoms in total. The summed E-state index contributed by atoms with van der Waals surface area (Å²) in [5, 5.41) is 16.8. The first kappa shape index (κ1) is 23.3. The van der Waals surface area contributed by atoms with E-state index < -0.39 is 11.6 Å². The average Bonchev–Trinajstić information content (AvgIpc) is 3.17. The van der Waals surface area contributed by atoms with Gasteiger partial charge in [0.25, 0.3) is 5.69 Å². The Balaban J connectivity index is 2.10. The first-order chi connectivity index (χ1) is 16.2. The SMILES string of the molecule is CCCCNc1cc(-c2ccccc2[N+](=O)[O-])c2[nH]c3ccccc3c2c1C(=O)OC(C)(C)C. The van der Waals surface area contributed by atoms with Crippen molar-refractivity contribution in [2.75, 3.05) is 11.9 Å². The molecule has 34 heavy (non-hydrogen) atoms. The molecule has 176 valence electrons. The summed E-state index contributed by atoms with van der Waals surface area (Å²) in [6.07, 6.45) is 1.90. The Hall–Kier alpha value is -3.87. The van der Waals surface area contributed by atoms with E-state index >= 15 is 0 Å². The zero-order valence-corrected chi connectivity index (χ0v) is 19.9. The number of ether oxygens (including phenoxy) is 1. The van der Waals surface area contributed by atoms with Crippen LogP contribution in [0.3, 0.4) is 0 Å². The summed E-state index contributed by atoms with van der Waals surface area (Å²) in [7, 11) is 0. The third-order valence-electron chi connectivity index (χ3n) is 5.62. The maximum absolute atomic E-state index is 13.5. The fraction of sp³-hybridized carbons (Fsp3) is 0.296. The Kier molecular flexibility index (Phi) is 6.28. The molecule has 4 aromatic rings. The fourth-order valence-electron chi connectivity index (χ4n) is 4.18. The van der Waals surface area contributed by atoms with Gasteiger partial charge < -0.3 is 15.0 Å². The number of fused-ring (bicyclic) bond motifs is 3. The topological polar surface area (TPSA) is 97.3 Å². The van der Waals surface area contributed by atoms with Crippen LogP contribution in [0.1, 0.15) is 50.9 Å². The molecule has 0 unspecified atom stereocenters. The Bertz CT molecular complexity index is 1380. The Labute approximate surface area is 198 Å². The summed E-state index contributed by atoms with van der Waals surface area (Å²) in [6, 6.07) is 16.2. The van der Waals surface area contributed by atoms with Crippen LogP contribution in [0.5, 0.6) is 0 Å². The van der Waals surface area contributed by atoms with Crippen LogP contribution in [0, 0.1) is 10.1 Å². The van der Waals surface area contributed by atoms with Crippen molar-refractivity contribution in [2.24, 2.45) is 0 Å². The second-order valence-corrected chi connectivity index (χ2v) is 9.32. The molecule has 3 aromatic carbocycles. The number of hydrogen-bond acceptors (Lipinski definition) is 5. The highest BCUT2D eigenvalue weighted by Crippen LogP contribution is 2.42. The standard InChI is InChI=1S/C27H29N3O4/c1-5-6-15-28-21-16-19(17-11-8-10-14-22(17)30(32)33)25-23(18-12-7-9-13-20(18)29-25)24(21)26(31)34-27(2,3)4/h7-14,16,28-29H,5-6,15H2,1-4H3. The van der Waals surface area contributed by atoms with Crippen molar-refractivity contribution in [1.29, 1.82) is 0 Å². The van der Waals surface area contributed by atoms with Gasteiger partial charge in [-0.15, -0.1) is 0 Å². The molecule has 0 saturated carbocycles. The van der Waals surface area contributed by atoms with Crippen LogP contribution in [0.15, 0.2) is 54.6 Å². The number of unbranched alkanes of at least 4 members (excludes halogenated alkanes) is 1. The van der Waals surface area contributed by atoms with Gasteiger partial charge in [0, 0.05) is 34.5 Å². The lowest BCUT2D eigenvalue weighted by atomic mass is 9.95. The average molecular weight is 460 g/mol. The number of aromatic nitrogens is 1. The molecular weight excluding hydrogens is 430 g/mol. The molecule has 2 N–H and O–H groups in total. The highest BCUT2D eigenvalue weighted by Gasteiger charge is 2.28. The van der Waals surface area contributed by atoms with E-state index in [0.29, 0.717) is 39.8 Å². The predicted octanol–water partition coefficient (Wildman–Crippen LogP) is 7.06. The number of nitrogens with zero attached hydrogens (tertiary/aromatic N) is 1. The summed E-state index contributed by atoms with van der Waals surface area (Å²) < 4.78 is 5.80. The number of nitro benzene ring substituents is 1. The van der Waals surface area contributed by atoms with Gasteiger partial charge in [0.2, 0.25) is 0 Å². The minimum Gasteiger partial charge on any atom is -0.456 e. The first-order valence-electron chi connectivity index (χ1n) is 11.5. The normalized spacial score (nSPS) is 11.6. The van der Waals surface area contributed by atoms with Gasteiger partial charge in [0.05, 0.1) is 27.3 Å². The van der Waals surface area contributed by atoms with Gasteiger partial charge in [-0.2, -0.15) is 0 Å². The van der Waals surface area contributed by atoms with Crippen LogP contribution in [0.2, 0.25) is 0 Å². The number of aromatic amines is 1. The smallest absolute Gasteiger partial charge is 0.341 e. The minimum absolute atomic E-state index is 0.00647. The molecule has 0 radical (unpaired) electrons. The molecule has 1 aromatic heterocycles. The quantitative estimate of drug-likeness (QED) is 0.133. The molecule has 0 aliphatic carbocycles. The summed E-state index contributed by atoms with van der Waals surface area (Å²) in [6.45, 7) is 8.27. The van der Waals surface area contributed by atoms with Gasteiger partial charge in [-0.25, -0.2) is 4.79 Å². The molecule has 0 atom stereocenters. The number of anilines is 1. The number of esters is 1. The van der Waals surface area contributed by atoms with Crippen molar-refractivity contribution >= 4 is 39.1 Å². The summed E-state index contributed by atoms with van der Waals surface area (Å²) in [5.41, 5.74) is 3.02. The van der Waals surface area contributed by atoms with E-state index in [4.69, 9.17) is 4.74 Å². The van der Waals surface area contributed by atoms with E-state index in [1.807, 2.05) is 51.1 Å². The van der Waals surface area contributed by atoms with Gasteiger partial charge in [0.15, 0.2) is 0 Å². The first-order valence-corrected chi connectivity index (χ1v) is 11.5. The highest BCUT2D eigenvalue weighted by molar-refractivity contribution is 6.23. The number of nitrogens with one attached hydrogen (secondary N) is 2. The van der Waals surface area contributed by atoms with Crippen molar-refractivity contribution in [2.45, 2.75) is 46.1 Å². The van der Waals surface area contributed by atoms with E-state index in [1.54, 1.807) is 18.2 Å². The maximum Gasteiger partial charge on any atom is 0.341 e. The lowest BCUT2D eigenvalue weighted by molar-refractivity contribution is -0.384. The minimum atomic E-state index is -0.674. The molecule has 4 rings (SSSR count). The number of hydrogen-bond donors (Lipinski definition) is 2. The number of nitro groups is 1. The van der Waals surface area contributed by atoms with Gasteiger partial charge in [-0.1, -0.05) is 43.7 Å². The van der Waals surface area contributed by atoms with E-state index in [1.165, 1.54) is 6.07 Å². The van der Waals surface area contributed by atoms with Crippen LogP contribution < -0.4 is 5.32 Å². The molecule has 7 heteroatoms. The van der Waals surface area contributed by atoms with Crippen molar-refractivity contribution in [3.63, 3.8) is 0 Å². The van der Waals surface area contributed by atoms with Crippen molar-refractivity contribution in [3.8, 4) is 11.1 Å². The van der Waals surface area contributed by atoms with Crippen LogP contribution >= 0.6 is 0 Å². The largest absolute Gasteiger partial charge is 0.456 e. The number of carbonyl (C=O) groups is 1. The molecule has 0 aliphatic heterocycles. The number of H-pyrrole nitrogens is 1. The van der Waals surface area contributed by atoms with Gasteiger partial charge in [0.1, 0.15) is 5.60 Å². The van der Waals surface area contributed by atoms with Crippen LogP contribution in [0.4, 0.5) is 11.4 Å². The Morgan fingerprint density at radius 2 is 1.79 bits per heavy atom. The molecule has 0 spiro atoms. The summed E-state index contributed by atoms with van der Waals surface area (Å²) in [5.74, 6) is -0.435. The number of rotatable bonds is 7. The molecule has 0 fully saturated rings. The lowest BCUT2D eigenvalue weighted by Crippen LogP contribution is -2.25. The fourth-order valence-corrected chi connectivity index (χ4v) is 4.18. The molecular formula is C27H29N3O4. The highest BCUT2D eigenvalue weighted by atomic mass is 16.6. The van der Waals surface area contributed by atoms with Gasteiger partial charge >= 0.3 is 5.97 Å². The van der Waals surface area contributed by atoms with E-state index in [0.717, 1.165) is 23.7 Å². The van der Waals surface area contributed by atoms with Crippen molar-refractivity contribution < 1.29 is 14.5 Å². The van der Waals surface area contributed by atoms with Gasteiger partial charge in [-0.3, -0.25) is 10.1 Å². The van der Waals surface area contributed by atoms with Crippen LogP contribution in [-0.2, 0) is 4.74 Å². The number of carbonyl (C=O) groups excluding carboxylic acids is 1. The summed E-state index contributed by atoms with van der Waals surface area (Å²) in [4.78, 5) is 28.4. The zero-order chi connectivity index (χ0) is 24.5. The van der Waals surface area contributed by atoms with E-state index in [9.17, 15) is 14.9 Å². The Morgan fingerprint density at radius 3 is 2.50 bits per heavy atom. The van der Waals surface area contributed by atoms with E-state index in [-0.39, 0.29) is 10.6 Å². The van der Waals surface area contributed by atoms with Crippen molar-refractivity contribution in [3.05, 3.63) is 70.3 Å². The lowest BCUT2D eigenvalue weighted by Gasteiger charge is -2.22. The summed E-state index contributed by atoms with van der Waals surface area (Å²) >= 11 is 0. The van der Waals surface area contributed by atoms with Gasteiger partial charge in [-0.05, 0) is 45.4 Å². The number of benzene rings is 3. The van der Waals surface area contributed by atoms with Crippen LogP contribution in [-0.4, -0.2) is 28.0 Å². The third-order valence-corrected chi connectivity index (χ3v) is 5.62. The molecule has 0 amide bonds. The van der Waals surface area contributed by atoms with Crippen LogP contribution in [0.25, 0.3) is 32.9 Å². The molecule has 0 bridgehead atoms. The zero-order valence-electron chi connectivity index (χ0n) is 19.9. The van der Waals surface area contributed by atoms with Crippen molar-refractivity contribution in [1.82, 2.24) is 4.98 Å². The predicted molar refractivity (Wildman–Crippen MR) is 136 cm³/mol. The molecule has 1 heterocycles. The third kappa shape index (κ3) is 4.46. The monoisotopic (exact) mass is 459 g/mol. The molecule has 0 aliphatic rings. The Morgan fingerprint density at radius 1 is 1.09 bits per heavy atom. The molecule has 0 saturated heterocycles.